The van der Waals surface area contributed by atoms with Gasteiger partial charge in [0.05, 0.1) is 25.9 Å². The molecule has 2 aliphatic rings. The lowest BCUT2D eigenvalue weighted by Crippen LogP contribution is -2.56. The number of hydrogen-bond acceptors (Lipinski definition) is 4. The molecule has 138 valence electrons. The summed E-state index contributed by atoms with van der Waals surface area (Å²) in [5.74, 6) is 0.643. The summed E-state index contributed by atoms with van der Waals surface area (Å²) in [6.07, 6.45) is 6.29. The van der Waals surface area contributed by atoms with Crippen molar-refractivity contribution in [1.29, 1.82) is 0 Å². The molecule has 0 radical (unpaired) electrons. The smallest absolute Gasteiger partial charge is 0.409 e. The van der Waals surface area contributed by atoms with Crippen LogP contribution in [-0.4, -0.2) is 49.4 Å². The lowest BCUT2D eigenvalue weighted by atomic mass is 9.83. The summed E-state index contributed by atoms with van der Waals surface area (Å²) in [5, 5.41) is 0. The van der Waals surface area contributed by atoms with Gasteiger partial charge in [0.25, 0.3) is 0 Å². The third kappa shape index (κ3) is 4.53. The minimum Gasteiger partial charge on any atom is -0.453 e. The monoisotopic (exact) mass is 346 g/mol. The highest BCUT2D eigenvalue weighted by atomic mass is 16.5. The summed E-state index contributed by atoms with van der Waals surface area (Å²) >= 11 is 0. The first-order chi connectivity index (χ1) is 12.2. The molecule has 1 saturated heterocycles. The first-order valence-corrected chi connectivity index (χ1v) is 9.45. The summed E-state index contributed by atoms with van der Waals surface area (Å²) in [5.41, 5.74) is 7.68. The van der Waals surface area contributed by atoms with Gasteiger partial charge >= 0.3 is 6.09 Å². The number of carbonyl (C=O) groups is 1. The molecule has 1 aliphatic carbocycles. The summed E-state index contributed by atoms with van der Waals surface area (Å²) in [6, 6.07) is 10.6. The maximum absolute atomic E-state index is 12.0. The first kappa shape index (κ1) is 18.2. The SMILES string of the molecule is COC(=O)N1CCC[C@H](N)[C@@H]1COC1CCC(c2ccccc2)CC1. The third-order valence-corrected chi connectivity index (χ3v) is 5.69. The second kappa shape index (κ2) is 8.68. The predicted molar refractivity (Wildman–Crippen MR) is 97.5 cm³/mol. The van der Waals surface area contributed by atoms with Gasteiger partial charge in [0.2, 0.25) is 0 Å². The molecule has 1 aromatic carbocycles. The Labute approximate surface area is 150 Å². The summed E-state index contributed by atoms with van der Waals surface area (Å²) in [6.45, 7) is 1.21. The summed E-state index contributed by atoms with van der Waals surface area (Å²) in [7, 11) is 1.42. The zero-order valence-electron chi connectivity index (χ0n) is 15.1. The van der Waals surface area contributed by atoms with Crippen LogP contribution in [0.4, 0.5) is 4.79 Å². The molecule has 1 saturated carbocycles. The van der Waals surface area contributed by atoms with Crippen molar-refractivity contribution < 1.29 is 14.3 Å². The van der Waals surface area contributed by atoms with E-state index in [1.165, 1.54) is 12.7 Å². The van der Waals surface area contributed by atoms with Crippen LogP contribution in [0.5, 0.6) is 0 Å². The van der Waals surface area contributed by atoms with Gasteiger partial charge in [0.1, 0.15) is 0 Å². The van der Waals surface area contributed by atoms with Crippen LogP contribution in [0.3, 0.4) is 0 Å². The fraction of sp³-hybridized carbons (Fsp3) is 0.650. The van der Waals surface area contributed by atoms with Crippen molar-refractivity contribution in [3.63, 3.8) is 0 Å². The molecular formula is C20H30N2O3. The van der Waals surface area contributed by atoms with Crippen LogP contribution in [0, 0.1) is 0 Å². The number of nitrogens with two attached hydrogens (primary N) is 1. The maximum Gasteiger partial charge on any atom is 0.409 e. The van der Waals surface area contributed by atoms with E-state index < -0.39 is 0 Å². The third-order valence-electron chi connectivity index (χ3n) is 5.69. The van der Waals surface area contributed by atoms with E-state index >= 15 is 0 Å². The van der Waals surface area contributed by atoms with Crippen molar-refractivity contribution >= 4 is 6.09 Å². The van der Waals surface area contributed by atoms with Crippen LogP contribution in [0.2, 0.25) is 0 Å². The Morgan fingerprint density at radius 1 is 1.16 bits per heavy atom. The topological polar surface area (TPSA) is 64.8 Å². The molecule has 0 unspecified atom stereocenters. The molecule has 0 bridgehead atoms. The minimum absolute atomic E-state index is 0.0338. The maximum atomic E-state index is 12.0. The number of nitrogens with zero attached hydrogens (tertiary/aromatic N) is 1. The van der Waals surface area contributed by atoms with Gasteiger partial charge in [-0.2, -0.15) is 0 Å². The van der Waals surface area contributed by atoms with Crippen LogP contribution >= 0.6 is 0 Å². The lowest BCUT2D eigenvalue weighted by molar-refractivity contribution is -0.0229. The lowest BCUT2D eigenvalue weighted by Gasteiger charge is -2.39. The molecule has 2 atom stereocenters. The fourth-order valence-electron chi connectivity index (χ4n) is 4.17. The molecule has 5 nitrogen and oxygen atoms in total. The summed E-state index contributed by atoms with van der Waals surface area (Å²) < 4.78 is 11.1. The number of carbonyl (C=O) groups excluding carboxylic acids is 1. The molecule has 3 rings (SSSR count). The first-order valence-electron chi connectivity index (χ1n) is 9.45. The van der Waals surface area contributed by atoms with Gasteiger partial charge in [-0.3, -0.25) is 0 Å². The van der Waals surface area contributed by atoms with E-state index in [1.54, 1.807) is 4.90 Å². The number of likely N-dealkylation sites (tertiary alicyclic amines) is 1. The van der Waals surface area contributed by atoms with Crippen molar-refractivity contribution in [3.8, 4) is 0 Å². The molecule has 25 heavy (non-hydrogen) atoms. The highest BCUT2D eigenvalue weighted by Crippen LogP contribution is 2.34. The largest absolute Gasteiger partial charge is 0.453 e. The number of amides is 1. The second-order valence-corrected chi connectivity index (χ2v) is 7.25. The van der Waals surface area contributed by atoms with E-state index in [0.717, 1.165) is 38.5 Å². The number of rotatable bonds is 4. The van der Waals surface area contributed by atoms with E-state index in [9.17, 15) is 4.79 Å². The molecule has 1 heterocycles. The van der Waals surface area contributed by atoms with Crippen molar-refractivity contribution in [2.45, 2.75) is 62.6 Å². The van der Waals surface area contributed by atoms with E-state index in [2.05, 4.69) is 30.3 Å². The second-order valence-electron chi connectivity index (χ2n) is 7.25. The molecule has 0 aromatic heterocycles. The van der Waals surface area contributed by atoms with Crippen molar-refractivity contribution in [2.75, 3.05) is 20.3 Å². The average molecular weight is 346 g/mol. The Kier molecular flexibility index (Phi) is 6.32. The zero-order chi connectivity index (χ0) is 17.6. The van der Waals surface area contributed by atoms with Gasteiger partial charge in [-0.25, -0.2) is 4.79 Å². The standard InChI is InChI=1S/C20H30N2O3/c1-24-20(23)22-13-5-8-18(21)19(22)14-25-17-11-9-16(10-12-17)15-6-3-2-4-7-15/h2-4,6-7,16-19H,5,8-14,21H2,1H3/t16?,17?,18-,19-/m0/s1. The normalized spacial score (nSPS) is 30.1. The highest BCUT2D eigenvalue weighted by Gasteiger charge is 2.34. The van der Waals surface area contributed by atoms with Crippen LogP contribution in [0.1, 0.15) is 50.0 Å². The van der Waals surface area contributed by atoms with E-state index in [1.807, 2.05) is 0 Å². The van der Waals surface area contributed by atoms with Gasteiger partial charge in [-0.15, -0.1) is 0 Å². The van der Waals surface area contributed by atoms with Crippen molar-refractivity contribution in [2.24, 2.45) is 5.73 Å². The zero-order valence-corrected chi connectivity index (χ0v) is 15.1. The molecule has 2 fully saturated rings. The molecule has 5 heteroatoms. The van der Waals surface area contributed by atoms with Gasteiger partial charge in [0, 0.05) is 12.6 Å². The Balaban J connectivity index is 1.49. The number of methoxy groups -OCH3 is 1. The number of benzene rings is 1. The molecule has 2 N–H and O–H groups in total. The van der Waals surface area contributed by atoms with Gasteiger partial charge in [0.15, 0.2) is 0 Å². The Hall–Kier alpha value is -1.59. The molecule has 1 amide bonds. The van der Waals surface area contributed by atoms with Crippen LogP contribution < -0.4 is 5.73 Å². The minimum atomic E-state index is -0.295. The molecule has 1 aliphatic heterocycles. The number of hydrogen-bond donors (Lipinski definition) is 1. The van der Waals surface area contributed by atoms with Crippen LogP contribution in [0.15, 0.2) is 30.3 Å². The molecule has 0 spiro atoms. The summed E-state index contributed by atoms with van der Waals surface area (Å²) in [4.78, 5) is 13.7. The van der Waals surface area contributed by atoms with Gasteiger partial charge in [-0.05, 0) is 50.0 Å². The predicted octanol–water partition coefficient (Wildman–Crippen LogP) is 3.29. The number of piperidine rings is 1. The van der Waals surface area contributed by atoms with Gasteiger partial charge < -0.3 is 20.1 Å². The molecular weight excluding hydrogens is 316 g/mol. The fourth-order valence-corrected chi connectivity index (χ4v) is 4.17. The van der Waals surface area contributed by atoms with Crippen molar-refractivity contribution in [1.82, 2.24) is 4.90 Å². The van der Waals surface area contributed by atoms with E-state index in [-0.39, 0.29) is 24.3 Å². The van der Waals surface area contributed by atoms with Crippen LogP contribution in [-0.2, 0) is 9.47 Å². The highest BCUT2D eigenvalue weighted by molar-refractivity contribution is 5.68. The van der Waals surface area contributed by atoms with Crippen molar-refractivity contribution in [3.05, 3.63) is 35.9 Å². The average Bonchev–Trinajstić information content (AvgIpc) is 2.67. The van der Waals surface area contributed by atoms with Gasteiger partial charge in [-0.1, -0.05) is 30.3 Å². The number of ether oxygens (including phenoxy) is 2. The van der Waals surface area contributed by atoms with E-state index in [0.29, 0.717) is 19.1 Å². The van der Waals surface area contributed by atoms with Crippen LogP contribution in [0.25, 0.3) is 0 Å². The Morgan fingerprint density at radius 2 is 1.88 bits per heavy atom. The Bertz CT molecular complexity index is 543. The quantitative estimate of drug-likeness (QED) is 0.908. The van der Waals surface area contributed by atoms with E-state index in [4.69, 9.17) is 15.2 Å². The molecule has 1 aromatic rings. The Morgan fingerprint density at radius 3 is 2.56 bits per heavy atom.